The van der Waals surface area contributed by atoms with E-state index in [0.29, 0.717) is 16.8 Å². The van der Waals surface area contributed by atoms with Crippen molar-refractivity contribution in [1.82, 2.24) is 30.0 Å². The maximum Gasteiger partial charge on any atom is 0.358 e. The zero-order valence-corrected chi connectivity index (χ0v) is 13.0. The van der Waals surface area contributed by atoms with Crippen LogP contribution in [0.2, 0.25) is 0 Å². The number of carbonyl (C=O) groups is 2. The molecule has 2 aromatic heterocycles. The van der Waals surface area contributed by atoms with Gasteiger partial charge in [0.05, 0.1) is 23.8 Å². The van der Waals surface area contributed by atoms with Gasteiger partial charge in [0.15, 0.2) is 11.4 Å². The van der Waals surface area contributed by atoms with Gasteiger partial charge in [0.2, 0.25) is 0 Å². The third kappa shape index (κ3) is 2.36. The van der Waals surface area contributed by atoms with Crippen molar-refractivity contribution in [3.63, 3.8) is 0 Å². The summed E-state index contributed by atoms with van der Waals surface area (Å²) in [6, 6.07) is 10.6. The summed E-state index contributed by atoms with van der Waals surface area (Å²) in [4.78, 5) is 22.5. The molecule has 26 heavy (non-hydrogen) atoms. The Labute approximate surface area is 144 Å². The van der Waals surface area contributed by atoms with E-state index in [2.05, 4.69) is 20.6 Å². The summed E-state index contributed by atoms with van der Waals surface area (Å²) in [6.45, 7) is 0. The number of carboxylic acid groups (broad SMARTS) is 2. The van der Waals surface area contributed by atoms with Crippen LogP contribution < -0.4 is 0 Å². The van der Waals surface area contributed by atoms with Crippen LogP contribution in [-0.2, 0) is 0 Å². The second-order valence-corrected chi connectivity index (χ2v) is 5.34. The molecule has 0 saturated heterocycles. The third-order valence-corrected chi connectivity index (χ3v) is 3.82. The fraction of sp³-hybridized carbons (Fsp3) is 0. The number of fused-ring (bicyclic) bond motifs is 1. The zero-order chi connectivity index (χ0) is 18.3. The first-order valence-electron chi connectivity index (χ1n) is 7.38. The summed E-state index contributed by atoms with van der Waals surface area (Å²) in [7, 11) is 0. The average Bonchev–Trinajstić information content (AvgIpc) is 3.30. The van der Waals surface area contributed by atoms with E-state index in [1.807, 2.05) is 12.1 Å². The Morgan fingerprint density at radius 1 is 0.923 bits per heavy atom. The van der Waals surface area contributed by atoms with E-state index < -0.39 is 11.9 Å². The summed E-state index contributed by atoms with van der Waals surface area (Å²) >= 11 is 0. The fourth-order valence-electron chi connectivity index (χ4n) is 2.71. The van der Waals surface area contributed by atoms with Crippen molar-refractivity contribution >= 4 is 22.7 Å². The molecule has 10 nitrogen and oxygen atoms in total. The van der Waals surface area contributed by atoms with E-state index in [9.17, 15) is 14.7 Å². The van der Waals surface area contributed by atoms with Crippen LogP contribution in [0.5, 0.6) is 0 Å². The van der Waals surface area contributed by atoms with Crippen molar-refractivity contribution < 1.29 is 19.8 Å². The van der Waals surface area contributed by atoms with E-state index in [1.54, 1.807) is 24.3 Å². The topological polar surface area (TPSA) is 136 Å². The van der Waals surface area contributed by atoms with Gasteiger partial charge in [-0.05, 0) is 17.5 Å². The minimum atomic E-state index is -1.19. The molecule has 0 aliphatic rings. The van der Waals surface area contributed by atoms with Crippen LogP contribution in [0, 0.1) is 0 Å². The van der Waals surface area contributed by atoms with E-state index >= 15 is 0 Å². The lowest BCUT2D eigenvalue weighted by atomic mass is 10.1. The van der Waals surface area contributed by atoms with Crippen molar-refractivity contribution in [1.29, 1.82) is 0 Å². The molecule has 0 spiro atoms. The second-order valence-electron chi connectivity index (χ2n) is 5.34. The number of carboxylic acids is 2. The molecule has 0 saturated carbocycles. The van der Waals surface area contributed by atoms with E-state index in [0.717, 1.165) is 11.6 Å². The molecule has 0 aliphatic heterocycles. The van der Waals surface area contributed by atoms with Crippen LogP contribution in [0.1, 0.15) is 21.0 Å². The summed E-state index contributed by atoms with van der Waals surface area (Å²) < 4.78 is 2.54. The first kappa shape index (κ1) is 15.4. The third-order valence-electron chi connectivity index (χ3n) is 3.82. The van der Waals surface area contributed by atoms with E-state index in [1.165, 1.54) is 15.6 Å². The molecule has 0 atom stereocenters. The van der Waals surface area contributed by atoms with Crippen molar-refractivity contribution in [2.24, 2.45) is 0 Å². The number of aromatic nitrogens is 6. The predicted molar refractivity (Wildman–Crippen MR) is 87.7 cm³/mol. The molecule has 128 valence electrons. The Morgan fingerprint density at radius 3 is 2.31 bits per heavy atom. The fourth-order valence-corrected chi connectivity index (χ4v) is 2.71. The Bertz CT molecular complexity index is 1160. The minimum absolute atomic E-state index is 0.0999. The highest BCUT2D eigenvalue weighted by molar-refractivity contribution is 5.98. The van der Waals surface area contributed by atoms with Gasteiger partial charge in [-0.1, -0.05) is 34.7 Å². The highest BCUT2D eigenvalue weighted by Gasteiger charge is 2.18. The molecule has 2 N–H and O–H groups in total. The molecule has 0 bridgehead atoms. The van der Waals surface area contributed by atoms with Crippen molar-refractivity contribution in [2.75, 3.05) is 0 Å². The summed E-state index contributed by atoms with van der Waals surface area (Å²) in [5, 5.41) is 34.9. The van der Waals surface area contributed by atoms with Gasteiger partial charge in [0.1, 0.15) is 0 Å². The summed E-state index contributed by atoms with van der Waals surface area (Å²) in [5.74, 6) is -2.36. The van der Waals surface area contributed by atoms with E-state index in [-0.39, 0.29) is 11.4 Å². The Kier molecular flexibility index (Phi) is 3.43. The molecule has 2 aromatic carbocycles. The Hall–Kier alpha value is -4.08. The lowest BCUT2D eigenvalue weighted by molar-refractivity contribution is 0.0678. The lowest BCUT2D eigenvalue weighted by Crippen LogP contribution is -2.09. The highest BCUT2D eigenvalue weighted by atomic mass is 16.4. The number of hydrogen-bond acceptors (Lipinski definition) is 6. The second kappa shape index (κ2) is 5.77. The van der Waals surface area contributed by atoms with Crippen LogP contribution in [0.15, 0.2) is 48.8 Å². The van der Waals surface area contributed by atoms with Crippen LogP contribution in [0.4, 0.5) is 0 Å². The van der Waals surface area contributed by atoms with Gasteiger partial charge in [-0.2, -0.15) is 0 Å². The largest absolute Gasteiger partial charge is 0.476 e. The normalized spacial score (nSPS) is 10.9. The van der Waals surface area contributed by atoms with E-state index in [4.69, 9.17) is 5.11 Å². The molecular weight excluding hydrogens is 340 g/mol. The first-order chi connectivity index (χ1) is 12.6. The molecule has 0 radical (unpaired) electrons. The standard InChI is InChI=1S/C16H10N6O4/c23-15(24)10-8-21(20-18-10)11-5-1-3-9-4-2-6-12(14(9)11)22-13(16(25)26)7-17-19-22/h1-8H,(H,23,24)(H,25,26). The van der Waals surface area contributed by atoms with Gasteiger partial charge in [-0.25, -0.2) is 19.0 Å². The predicted octanol–water partition coefficient (Wildman–Crippen LogP) is 1.40. The Balaban J connectivity index is 2.02. The SMILES string of the molecule is O=C(O)c1cn(-c2cccc3cccc(-n4nncc4C(=O)O)c23)nn1. The molecule has 2 heterocycles. The van der Waals surface area contributed by atoms with Gasteiger partial charge in [0.25, 0.3) is 0 Å². The minimum Gasteiger partial charge on any atom is -0.476 e. The molecule has 0 aliphatic carbocycles. The maximum atomic E-state index is 11.4. The van der Waals surface area contributed by atoms with Crippen molar-refractivity contribution in [3.05, 3.63) is 60.2 Å². The summed E-state index contributed by atoms with van der Waals surface area (Å²) in [6.07, 6.45) is 2.44. The van der Waals surface area contributed by atoms with Crippen LogP contribution >= 0.6 is 0 Å². The highest BCUT2D eigenvalue weighted by Crippen LogP contribution is 2.28. The quantitative estimate of drug-likeness (QED) is 0.563. The van der Waals surface area contributed by atoms with Gasteiger partial charge >= 0.3 is 11.9 Å². The number of rotatable bonds is 4. The molecule has 0 unspecified atom stereocenters. The van der Waals surface area contributed by atoms with Crippen molar-refractivity contribution in [3.8, 4) is 11.4 Å². The average molecular weight is 350 g/mol. The van der Waals surface area contributed by atoms with Crippen LogP contribution in [0.25, 0.3) is 22.1 Å². The Morgan fingerprint density at radius 2 is 1.65 bits per heavy atom. The van der Waals surface area contributed by atoms with Gasteiger partial charge in [0, 0.05) is 5.39 Å². The molecule has 4 rings (SSSR count). The van der Waals surface area contributed by atoms with Gasteiger partial charge in [-0.3, -0.25) is 0 Å². The molecule has 4 aromatic rings. The van der Waals surface area contributed by atoms with Crippen LogP contribution in [0.3, 0.4) is 0 Å². The molecule has 0 fully saturated rings. The van der Waals surface area contributed by atoms with Gasteiger partial charge < -0.3 is 10.2 Å². The maximum absolute atomic E-state index is 11.4. The molecule has 10 heteroatoms. The van der Waals surface area contributed by atoms with Crippen LogP contribution in [-0.4, -0.2) is 52.1 Å². The zero-order valence-electron chi connectivity index (χ0n) is 13.0. The van der Waals surface area contributed by atoms with Gasteiger partial charge in [-0.15, -0.1) is 10.2 Å². The smallest absolute Gasteiger partial charge is 0.358 e. The van der Waals surface area contributed by atoms with Crippen molar-refractivity contribution in [2.45, 2.75) is 0 Å². The monoisotopic (exact) mass is 350 g/mol. The molecule has 0 amide bonds. The molecular formula is C16H10N6O4. The number of hydrogen-bond donors (Lipinski definition) is 2. The number of nitrogens with zero attached hydrogens (tertiary/aromatic N) is 6. The first-order valence-corrected chi connectivity index (χ1v) is 7.38. The summed E-state index contributed by atoms with van der Waals surface area (Å²) in [5.41, 5.74) is 0.703. The lowest BCUT2D eigenvalue weighted by Gasteiger charge is -2.12. The number of aromatic carboxylic acids is 2. The number of benzene rings is 2.